The van der Waals surface area contributed by atoms with Gasteiger partial charge < -0.3 is 9.47 Å². The van der Waals surface area contributed by atoms with Gasteiger partial charge in [-0.05, 0) is 53.7 Å². The number of hydrogen-bond donors (Lipinski definition) is 0. The molecule has 0 fully saturated rings. The molecular weight excluding hydrogens is 340 g/mol. The van der Waals surface area contributed by atoms with Crippen molar-refractivity contribution < 1.29 is 19.1 Å². The lowest BCUT2D eigenvalue weighted by Crippen LogP contribution is -2.55. The zero-order chi connectivity index (χ0) is 20.3. The van der Waals surface area contributed by atoms with Crippen molar-refractivity contribution in [3.8, 4) is 0 Å². The first-order chi connectivity index (χ1) is 12.5. The number of ether oxygens (including phenoxy) is 2. The van der Waals surface area contributed by atoms with Gasteiger partial charge in [0, 0.05) is 5.56 Å². The normalized spacial score (nSPS) is 12.5. The summed E-state index contributed by atoms with van der Waals surface area (Å²) in [6.45, 7) is 10.7. The standard InChI is InChI=1S/C23H28O4/c1-21(2,19(24)17-13-9-7-10-14-17)27-23(5,6)22(3,4)26-20(25)18-15-11-8-12-16-18/h7-16H,1-6H3. The number of carbonyl (C=O) groups is 2. The molecule has 0 bridgehead atoms. The van der Waals surface area contributed by atoms with Crippen molar-refractivity contribution in [3.63, 3.8) is 0 Å². The van der Waals surface area contributed by atoms with Gasteiger partial charge in [-0.1, -0.05) is 48.5 Å². The monoisotopic (exact) mass is 368 g/mol. The molecule has 0 aliphatic carbocycles. The largest absolute Gasteiger partial charge is 0.453 e. The second-order valence-electron chi connectivity index (χ2n) is 8.08. The van der Waals surface area contributed by atoms with Gasteiger partial charge in [0.1, 0.15) is 16.8 Å². The smallest absolute Gasteiger partial charge is 0.338 e. The van der Waals surface area contributed by atoms with E-state index in [0.717, 1.165) is 0 Å². The highest BCUT2D eigenvalue weighted by Crippen LogP contribution is 2.35. The maximum absolute atomic E-state index is 12.9. The third-order valence-corrected chi connectivity index (χ3v) is 4.90. The molecular formula is C23H28O4. The van der Waals surface area contributed by atoms with E-state index in [2.05, 4.69) is 0 Å². The second-order valence-corrected chi connectivity index (χ2v) is 8.08. The Labute approximate surface area is 161 Å². The fourth-order valence-electron chi connectivity index (χ4n) is 2.73. The van der Waals surface area contributed by atoms with Gasteiger partial charge in [-0.25, -0.2) is 4.79 Å². The van der Waals surface area contributed by atoms with Crippen LogP contribution in [-0.4, -0.2) is 28.6 Å². The Morgan fingerprint density at radius 3 is 1.59 bits per heavy atom. The van der Waals surface area contributed by atoms with Gasteiger partial charge in [-0.3, -0.25) is 4.79 Å². The maximum atomic E-state index is 12.9. The molecule has 0 aromatic heterocycles. The van der Waals surface area contributed by atoms with Crippen molar-refractivity contribution in [1.82, 2.24) is 0 Å². The Morgan fingerprint density at radius 1 is 0.667 bits per heavy atom. The lowest BCUT2D eigenvalue weighted by Gasteiger charge is -2.44. The molecule has 2 aromatic carbocycles. The number of rotatable bonds is 7. The van der Waals surface area contributed by atoms with Gasteiger partial charge in [0.25, 0.3) is 0 Å². The molecule has 144 valence electrons. The molecule has 0 spiro atoms. The Hall–Kier alpha value is -2.46. The van der Waals surface area contributed by atoms with Crippen molar-refractivity contribution in [3.05, 3.63) is 71.8 Å². The molecule has 0 aliphatic rings. The Kier molecular flexibility index (Phi) is 5.91. The van der Waals surface area contributed by atoms with Crippen molar-refractivity contribution in [2.75, 3.05) is 0 Å². The summed E-state index contributed by atoms with van der Waals surface area (Å²) in [5.74, 6) is -0.550. The minimum absolute atomic E-state index is 0.124. The number of Topliss-reactive ketones (excluding diaryl/α,β-unsaturated/α-hetero) is 1. The molecule has 0 saturated carbocycles. The third-order valence-electron chi connectivity index (χ3n) is 4.90. The summed E-state index contributed by atoms with van der Waals surface area (Å²) in [6, 6.07) is 17.8. The molecule has 27 heavy (non-hydrogen) atoms. The van der Waals surface area contributed by atoms with E-state index >= 15 is 0 Å². The molecule has 2 aromatic rings. The van der Waals surface area contributed by atoms with E-state index < -0.39 is 22.8 Å². The Morgan fingerprint density at radius 2 is 1.11 bits per heavy atom. The molecule has 0 saturated heterocycles. The predicted molar refractivity (Wildman–Crippen MR) is 106 cm³/mol. The molecule has 0 N–H and O–H groups in total. The van der Waals surface area contributed by atoms with Crippen LogP contribution in [0.1, 0.15) is 62.3 Å². The predicted octanol–water partition coefficient (Wildman–Crippen LogP) is 5.08. The molecule has 0 heterocycles. The van der Waals surface area contributed by atoms with E-state index in [1.54, 1.807) is 64.1 Å². The van der Waals surface area contributed by atoms with Gasteiger partial charge in [-0.2, -0.15) is 0 Å². The van der Waals surface area contributed by atoms with E-state index in [0.29, 0.717) is 11.1 Å². The SMILES string of the molecule is CC(C)(OC(C)(C)C(C)(C)OC(=O)c1ccccc1)C(=O)c1ccccc1. The van der Waals surface area contributed by atoms with Crippen LogP contribution in [0.2, 0.25) is 0 Å². The average molecular weight is 368 g/mol. The number of esters is 1. The molecule has 0 amide bonds. The summed E-state index contributed by atoms with van der Waals surface area (Å²) in [5, 5.41) is 0. The lowest BCUT2D eigenvalue weighted by molar-refractivity contribution is -0.189. The fraction of sp³-hybridized carbons (Fsp3) is 0.391. The molecule has 0 radical (unpaired) electrons. The van der Waals surface area contributed by atoms with Crippen LogP contribution in [0.4, 0.5) is 0 Å². The van der Waals surface area contributed by atoms with E-state index in [4.69, 9.17) is 9.47 Å². The van der Waals surface area contributed by atoms with E-state index in [1.807, 2.05) is 38.1 Å². The lowest BCUT2D eigenvalue weighted by atomic mass is 9.86. The van der Waals surface area contributed by atoms with Crippen LogP contribution in [0.3, 0.4) is 0 Å². The minimum Gasteiger partial charge on any atom is -0.453 e. The Balaban J connectivity index is 2.17. The number of hydrogen-bond acceptors (Lipinski definition) is 4. The first-order valence-corrected chi connectivity index (χ1v) is 9.05. The van der Waals surface area contributed by atoms with E-state index in [1.165, 1.54) is 0 Å². The number of ketones is 1. The highest BCUT2D eigenvalue weighted by molar-refractivity contribution is 6.02. The summed E-state index contributed by atoms with van der Waals surface area (Å²) in [7, 11) is 0. The highest BCUT2D eigenvalue weighted by atomic mass is 16.6. The molecule has 0 unspecified atom stereocenters. The van der Waals surface area contributed by atoms with Gasteiger partial charge >= 0.3 is 5.97 Å². The highest BCUT2D eigenvalue weighted by Gasteiger charge is 2.47. The summed E-state index contributed by atoms with van der Waals surface area (Å²) >= 11 is 0. The van der Waals surface area contributed by atoms with Gasteiger partial charge in [0.2, 0.25) is 0 Å². The van der Waals surface area contributed by atoms with Gasteiger partial charge in [0.15, 0.2) is 5.78 Å². The van der Waals surface area contributed by atoms with Crippen molar-refractivity contribution >= 4 is 11.8 Å². The summed E-state index contributed by atoms with van der Waals surface area (Å²) in [4.78, 5) is 25.4. The zero-order valence-corrected chi connectivity index (χ0v) is 16.9. The van der Waals surface area contributed by atoms with Crippen LogP contribution in [0.15, 0.2) is 60.7 Å². The van der Waals surface area contributed by atoms with Gasteiger partial charge in [-0.15, -0.1) is 0 Å². The summed E-state index contributed by atoms with van der Waals surface area (Å²) in [5.41, 5.74) is -1.90. The first kappa shape index (κ1) is 20.8. The number of benzene rings is 2. The van der Waals surface area contributed by atoms with Crippen molar-refractivity contribution in [2.45, 2.75) is 58.3 Å². The molecule has 0 aliphatic heterocycles. The minimum atomic E-state index is -1.08. The van der Waals surface area contributed by atoms with Crippen LogP contribution in [-0.2, 0) is 9.47 Å². The summed E-state index contributed by atoms with van der Waals surface area (Å²) in [6.07, 6.45) is 0. The molecule has 2 rings (SSSR count). The van der Waals surface area contributed by atoms with E-state index in [9.17, 15) is 9.59 Å². The third kappa shape index (κ3) is 4.83. The van der Waals surface area contributed by atoms with Crippen LogP contribution < -0.4 is 0 Å². The molecule has 4 heteroatoms. The molecule has 0 atom stereocenters. The second kappa shape index (κ2) is 7.65. The first-order valence-electron chi connectivity index (χ1n) is 9.05. The number of carbonyl (C=O) groups excluding carboxylic acids is 2. The maximum Gasteiger partial charge on any atom is 0.338 e. The quantitative estimate of drug-likeness (QED) is 0.505. The van der Waals surface area contributed by atoms with Crippen LogP contribution >= 0.6 is 0 Å². The fourth-order valence-corrected chi connectivity index (χ4v) is 2.73. The van der Waals surface area contributed by atoms with Crippen molar-refractivity contribution in [1.29, 1.82) is 0 Å². The van der Waals surface area contributed by atoms with E-state index in [-0.39, 0.29) is 5.78 Å². The summed E-state index contributed by atoms with van der Waals surface area (Å²) < 4.78 is 12.0. The average Bonchev–Trinajstić information content (AvgIpc) is 2.61. The van der Waals surface area contributed by atoms with Crippen LogP contribution in [0.25, 0.3) is 0 Å². The topological polar surface area (TPSA) is 52.6 Å². The zero-order valence-electron chi connectivity index (χ0n) is 16.9. The Bertz CT molecular complexity index is 790. The molecule has 4 nitrogen and oxygen atoms in total. The van der Waals surface area contributed by atoms with Crippen LogP contribution in [0.5, 0.6) is 0 Å². The van der Waals surface area contributed by atoms with Crippen molar-refractivity contribution in [2.24, 2.45) is 0 Å². The van der Waals surface area contributed by atoms with Gasteiger partial charge in [0.05, 0.1) is 5.56 Å². The van der Waals surface area contributed by atoms with Crippen LogP contribution in [0, 0.1) is 0 Å².